The van der Waals surface area contributed by atoms with Gasteiger partial charge in [-0.1, -0.05) is 30.7 Å². The summed E-state index contributed by atoms with van der Waals surface area (Å²) in [6.07, 6.45) is 3.29. The first-order chi connectivity index (χ1) is 14.1. The predicted molar refractivity (Wildman–Crippen MR) is 115 cm³/mol. The van der Waals surface area contributed by atoms with Crippen molar-refractivity contribution in [2.45, 2.75) is 26.2 Å². The lowest BCUT2D eigenvalue weighted by molar-refractivity contribution is -0.119. The van der Waals surface area contributed by atoms with E-state index >= 15 is 0 Å². The fraction of sp³-hybridized carbons (Fsp3) is 0.304. The maximum atomic E-state index is 13.0. The van der Waals surface area contributed by atoms with Crippen molar-refractivity contribution < 1.29 is 14.3 Å². The van der Waals surface area contributed by atoms with E-state index in [1.54, 1.807) is 36.4 Å². The van der Waals surface area contributed by atoms with Gasteiger partial charge < -0.3 is 9.64 Å². The number of hydrogen-bond acceptors (Lipinski definition) is 4. The lowest BCUT2D eigenvalue weighted by Crippen LogP contribution is -2.31. The molecule has 29 heavy (non-hydrogen) atoms. The number of benzene rings is 2. The van der Waals surface area contributed by atoms with Gasteiger partial charge >= 0.3 is 0 Å². The van der Waals surface area contributed by atoms with Gasteiger partial charge in [-0.25, -0.2) is 4.90 Å². The van der Waals surface area contributed by atoms with Gasteiger partial charge in [0.15, 0.2) is 0 Å². The SMILES string of the molecule is CCCOc1ccc(C2=C(Cl)C(=O)N(c3ccc(N4CCCC4)cc3)C2=O)cc1. The van der Waals surface area contributed by atoms with Crippen molar-refractivity contribution in [1.29, 1.82) is 0 Å². The van der Waals surface area contributed by atoms with E-state index in [9.17, 15) is 9.59 Å². The molecule has 5 nitrogen and oxygen atoms in total. The molecule has 2 heterocycles. The Morgan fingerprint density at radius 3 is 2.14 bits per heavy atom. The van der Waals surface area contributed by atoms with Crippen LogP contribution in [0.2, 0.25) is 0 Å². The molecule has 0 saturated carbocycles. The van der Waals surface area contributed by atoms with Crippen LogP contribution in [0.4, 0.5) is 11.4 Å². The molecule has 1 fully saturated rings. The summed E-state index contributed by atoms with van der Waals surface area (Å²) in [4.78, 5) is 29.2. The topological polar surface area (TPSA) is 49.9 Å². The molecule has 0 radical (unpaired) electrons. The minimum atomic E-state index is -0.494. The highest BCUT2D eigenvalue weighted by Crippen LogP contribution is 2.36. The van der Waals surface area contributed by atoms with E-state index in [0.29, 0.717) is 17.9 Å². The van der Waals surface area contributed by atoms with Crippen LogP contribution < -0.4 is 14.5 Å². The number of ether oxygens (including phenoxy) is 1. The van der Waals surface area contributed by atoms with Crippen LogP contribution in [0.25, 0.3) is 5.57 Å². The Morgan fingerprint density at radius 1 is 0.897 bits per heavy atom. The molecule has 0 unspecified atom stereocenters. The van der Waals surface area contributed by atoms with Crippen LogP contribution in [-0.2, 0) is 9.59 Å². The first-order valence-electron chi connectivity index (χ1n) is 9.97. The maximum absolute atomic E-state index is 13.0. The third kappa shape index (κ3) is 3.75. The average molecular weight is 411 g/mol. The molecule has 0 atom stereocenters. The van der Waals surface area contributed by atoms with Gasteiger partial charge in [-0.2, -0.15) is 0 Å². The van der Waals surface area contributed by atoms with Crippen molar-refractivity contribution in [1.82, 2.24) is 0 Å². The van der Waals surface area contributed by atoms with Crippen molar-refractivity contribution >= 4 is 40.4 Å². The van der Waals surface area contributed by atoms with Crippen LogP contribution >= 0.6 is 11.6 Å². The van der Waals surface area contributed by atoms with Crippen molar-refractivity contribution in [2.75, 3.05) is 29.5 Å². The number of amides is 2. The molecular weight excluding hydrogens is 388 g/mol. The Bertz CT molecular complexity index is 945. The second-order valence-corrected chi connectivity index (χ2v) is 7.60. The zero-order chi connectivity index (χ0) is 20.4. The monoisotopic (exact) mass is 410 g/mol. The number of rotatable bonds is 6. The lowest BCUT2D eigenvalue weighted by Gasteiger charge is -2.20. The van der Waals surface area contributed by atoms with Gasteiger partial charge in [0.2, 0.25) is 0 Å². The third-order valence-corrected chi connectivity index (χ3v) is 5.57. The van der Waals surface area contributed by atoms with E-state index in [1.807, 2.05) is 19.1 Å². The standard InChI is InChI=1S/C23H23ClN2O3/c1-2-15-29-19-11-5-16(6-12-19)20-21(24)23(28)26(22(20)27)18-9-7-17(8-10-18)25-13-3-4-14-25/h5-12H,2-4,13-15H2,1H3. The molecule has 150 valence electrons. The molecule has 0 aliphatic carbocycles. The highest BCUT2D eigenvalue weighted by Gasteiger charge is 2.39. The van der Waals surface area contributed by atoms with Gasteiger partial charge in [0.05, 0.1) is 17.9 Å². The fourth-order valence-electron chi connectivity index (χ4n) is 3.71. The van der Waals surface area contributed by atoms with Gasteiger partial charge in [-0.05, 0) is 61.2 Å². The molecule has 2 aromatic rings. The predicted octanol–water partition coefficient (Wildman–Crippen LogP) is 4.60. The summed E-state index contributed by atoms with van der Waals surface area (Å²) in [5, 5.41) is -0.0548. The zero-order valence-corrected chi connectivity index (χ0v) is 17.1. The molecule has 2 amide bonds. The van der Waals surface area contributed by atoms with E-state index in [1.165, 1.54) is 12.8 Å². The minimum absolute atomic E-state index is 0.0548. The van der Waals surface area contributed by atoms with Crippen LogP contribution in [0.1, 0.15) is 31.7 Å². The Hall–Kier alpha value is -2.79. The number of carbonyl (C=O) groups excluding carboxylic acids is 2. The van der Waals surface area contributed by atoms with Crippen LogP contribution in [0.5, 0.6) is 5.75 Å². The molecular formula is C23H23ClN2O3. The second kappa shape index (κ2) is 8.29. The summed E-state index contributed by atoms with van der Waals surface area (Å²) in [6.45, 7) is 4.74. The first kappa shape index (κ1) is 19.5. The number of anilines is 2. The van der Waals surface area contributed by atoms with Crippen molar-refractivity contribution in [2.24, 2.45) is 0 Å². The Morgan fingerprint density at radius 2 is 1.52 bits per heavy atom. The number of nitrogens with zero attached hydrogens (tertiary/aromatic N) is 2. The molecule has 4 rings (SSSR count). The molecule has 0 bridgehead atoms. The summed E-state index contributed by atoms with van der Waals surface area (Å²) in [5.74, 6) is -0.179. The minimum Gasteiger partial charge on any atom is -0.494 e. The first-order valence-corrected chi connectivity index (χ1v) is 10.3. The fourth-order valence-corrected chi connectivity index (χ4v) is 3.99. The van der Waals surface area contributed by atoms with Gasteiger partial charge in [-0.3, -0.25) is 9.59 Å². The average Bonchev–Trinajstić information content (AvgIpc) is 3.35. The molecule has 6 heteroatoms. The van der Waals surface area contributed by atoms with Crippen LogP contribution in [0.15, 0.2) is 53.6 Å². The smallest absolute Gasteiger partial charge is 0.277 e. The quantitative estimate of drug-likeness (QED) is 0.653. The Labute approximate surface area is 175 Å². The summed E-state index contributed by atoms with van der Waals surface area (Å²) in [7, 11) is 0. The number of imide groups is 1. The molecule has 0 spiro atoms. The molecule has 0 N–H and O–H groups in total. The molecule has 0 aromatic heterocycles. The van der Waals surface area contributed by atoms with Crippen LogP contribution in [0, 0.1) is 0 Å². The summed E-state index contributed by atoms with van der Waals surface area (Å²) >= 11 is 6.29. The highest BCUT2D eigenvalue weighted by molar-refractivity contribution is 6.60. The lowest BCUT2D eigenvalue weighted by atomic mass is 10.1. The zero-order valence-electron chi connectivity index (χ0n) is 16.4. The molecule has 1 saturated heterocycles. The van der Waals surface area contributed by atoms with E-state index in [-0.39, 0.29) is 10.6 Å². The molecule has 2 aromatic carbocycles. The van der Waals surface area contributed by atoms with Crippen molar-refractivity contribution in [3.63, 3.8) is 0 Å². The van der Waals surface area contributed by atoms with E-state index < -0.39 is 11.8 Å². The van der Waals surface area contributed by atoms with Gasteiger partial charge in [0.1, 0.15) is 10.8 Å². The highest BCUT2D eigenvalue weighted by atomic mass is 35.5. The largest absolute Gasteiger partial charge is 0.494 e. The number of halogens is 1. The molecule has 2 aliphatic heterocycles. The van der Waals surface area contributed by atoms with E-state index in [2.05, 4.69) is 4.90 Å². The summed E-state index contributed by atoms with van der Waals surface area (Å²) < 4.78 is 5.58. The van der Waals surface area contributed by atoms with E-state index in [4.69, 9.17) is 16.3 Å². The Kier molecular flexibility index (Phi) is 5.58. The summed E-state index contributed by atoms with van der Waals surface area (Å²) in [5.41, 5.74) is 2.46. The number of carbonyl (C=O) groups is 2. The van der Waals surface area contributed by atoms with Gasteiger partial charge in [-0.15, -0.1) is 0 Å². The number of hydrogen-bond donors (Lipinski definition) is 0. The van der Waals surface area contributed by atoms with Crippen LogP contribution in [-0.4, -0.2) is 31.5 Å². The summed E-state index contributed by atoms with van der Waals surface area (Å²) in [6, 6.07) is 14.6. The van der Waals surface area contributed by atoms with Crippen molar-refractivity contribution in [3.8, 4) is 5.75 Å². The normalized spacial score (nSPS) is 16.9. The third-order valence-electron chi connectivity index (χ3n) is 5.22. The van der Waals surface area contributed by atoms with Gasteiger partial charge in [0, 0.05) is 18.8 Å². The second-order valence-electron chi connectivity index (χ2n) is 7.22. The van der Waals surface area contributed by atoms with Gasteiger partial charge in [0.25, 0.3) is 11.8 Å². The van der Waals surface area contributed by atoms with Crippen molar-refractivity contribution in [3.05, 3.63) is 59.1 Å². The molecule has 2 aliphatic rings. The Balaban J connectivity index is 1.56. The van der Waals surface area contributed by atoms with Crippen LogP contribution in [0.3, 0.4) is 0 Å². The maximum Gasteiger partial charge on any atom is 0.277 e. The van der Waals surface area contributed by atoms with E-state index in [0.717, 1.165) is 35.8 Å².